The second kappa shape index (κ2) is 6.15. The zero-order valence-electron chi connectivity index (χ0n) is 17.0. The van der Waals surface area contributed by atoms with E-state index in [1.165, 1.54) is 20.8 Å². The van der Waals surface area contributed by atoms with Gasteiger partial charge in [-0.05, 0) is 65.2 Å². The highest BCUT2D eigenvalue weighted by molar-refractivity contribution is 5.87. The Labute approximate surface area is 170 Å². The minimum Gasteiger partial charge on any atom is -0.456 e. The van der Waals surface area contributed by atoms with Crippen LogP contribution in [0.1, 0.15) is 59.3 Å². The van der Waals surface area contributed by atoms with Crippen molar-refractivity contribution in [3.05, 3.63) is 12.2 Å². The summed E-state index contributed by atoms with van der Waals surface area (Å²) in [7, 11) is 0. The van der Waals surface area contributed by atoms with Crippen LogP contribution >= 0.6 is 0 Å². The third-order valence-electron chi connectivity index (χ3n) is 7.56. The molecule has 0 spiro atoms. The first-order chi connectivity index (χ1) is 13.2. The summed E-state index contributed by atoms with van der Waals surface area (Å²) >= 11 is 0. The number of esters is 1. The van der Waals surface area contributed by atoms with Gasteiger partial charge in [-0.2, -0.15) is 26.3 Å². The number of aliphatic hydroxyl groups is 2. The average Bonchev–Trinajstić information content (AvgIpc) is 2.48. The Morgan fingerprint density at radius 1 is 0.933 bits per heavy atom. The third kappa shape index (κ3) is 3.00. The molecule has 0 amide bonds. The Kier molecular flexibility index (Phi) is 4.79. The van der Waals surface area contributed by atoms with Gasteiger partial charge in [0, 0.05) is 16.4 Å². The van der Waals surface area contributed by atoms with Crippen LogP contribution < -0.4 is 0 Å². The van der Waals surface area contributed by atoms with E-state index >= 15 is 0 Å². The molecular weight excluding hydrogens is 418 g/mol. The summed E-state index contributed by atoms with van der Waals surface area (Å²) in [5.41, 5.74) is -12.4. The number of alkyl halides is 6. The summed E-state index contributed by atoms with van der Waals surface area (Å²) in [6, 6.07) is 0. The molecule has 10 heteroatoms. The van der Waals surface area contributed by atoms with E-state index in [4.69, 9.17) is 4.74 Å². The van der Waals surface area contributed by atoms with Crippen molar-refractivity contribution in [1.29, 1.82) is 0 Å². The fourth-order valence-corrected chi connectivity index (χ4v) is 6.59. The fourth-order valence-electron chi connectivity index (χ4n) is 6.59. The number of hydrogen-bond acceptors (Lipinski definition) is 4. The van der Waals surface area contributed by atoms with E-state index in [1.807, 2.05) is 0 Å². The molecule has 0 saturated heterocycles. The van der Waals surface area contributed by atoms with E-state index < -0.39 is 71.1 Å². The molecule has 30 heavy (non-hydrogen) atoms. The van der Waals surface area contributed by atoms with Gasteiger partial charge in [0.2, 0.25) is 0 Å². The number of halogens is 6. The highest BCUT2D eigenvalue weighted by Crippen LogP contribution is 2.75. The molecule has 0 aromatic heterocycles. The van der Waals surface area contributed by atoms with Crippen molar-refractivity contribution in [2.24, 2.45) is 16.7 Å². The molecule has 172 valence electrons. The summed E-state index contributed by atoms with van der Waals surface area (Å²) in [5.74, 6) is -1.60. The third-order valence-corrected chi connectivity index (χ3v) is 7.56. The van der Waals surface area contributed by atoms with Gasteiger partial charge in [0.1, 0.15) is 5.60 Å². The normalized spacial score (nSPS) is 36.7. The molecule has 4 aliphatic carbocycles. The molecule has 0 aromatic rings. The zero-order valence-corrected chi connectivity index (χ0v) is 17.0. The molecule has 0 aromatic carbocycles. The zero-order chi connectivity index (χ0) is 23.2. The van der Waals surface area contributed by atoms with Crippen molar-refractivity contribution >= 4 is 5.97 Å². The van der Waals surface area contributed by atoms with E-state index in [1.54, 1.807) is 0 Å². The van der Waals surface area contributed by atoms with Crippen LogP contribution in [0.3, 0.4) is 0 Å². The lowest BCUT2D eigenvalue weighted by Crippen LogP contribution is -2.76. The predicted molar refractivity (Wildman–Crippen MR) is 93.1 cm³/mol. The maximum Gasteiger partial charge on any atom is 0.426 e. The van der Waals surface area contributed by atoms with E-state index in [2.05, 4.69) is 6.58 Å². The van der Waals surface area contributed by atoms with E-state index in [9.17, 15) is 41.4 Å². The van der Waals surface area contributed by atoms with Crippen molar-refractivity contribution in [2.45, 2.75) is 88.5 Å². The monoisotopic (exact) mass is 444 g/mol. The Morgan fingerprint density at radius 2 is 1.40 bits per heavy atom. The second-order valence-corrected chi connectivity index (χ2v) is 10.2. The van der Waals surface area contributed by atoms with E-state index in [-0.39, 0.29) is 24.8 Å². The molecule has 4 rings (SSSR count). The fraction of sp³-hybridized carbons (Fsp3) is 0.850. The van der Waals surface area contributed by atoms with E-state index in [0.717, 1.165) is 0 Å². The van der Waals surface area contributed by atoms with Gasteiger partial charge in [0.05, 0.1) is 5.60 Å². The molecule has 4 saturated carbocycles. The van der Waals surface area contributed by atoms with Crippen LogP contribution in [-0.4, -0.2) is 45.3 Å². The molecule has 4 nitrogen and oxygen atoms in total. The molecule has 0 heterocycles. The number of ether oxygens (including phenoxy) is 1. The van der Waals surface area contributed by atoms with Crippen LogP contribution in [0.2, 0.25) is 0 Å². The van der Waals surface area contributed by atoms with Gasteiger partial charge in [-0.25, -0.2) is 4.79 Å². The summed E-state index contributed by atoms with van der Waals surface area (Å²) in [5, 5.41) is 21.2. The minimum absolute atomic E-state index is 0.0426. The Balaban J connectivity index is 2.23. The molecule has 2 N–H and O–H groups in total. The molecular formula is C20H26F6O4. The lowest BCUT2D eigenvalue weighted by molar-refractivity contribution is -0.430. The van der Waals surface area contributed by atoms with Gasteiger partial charge in [-0.1, -0.05) is 6.58 Å². The number of rotatable bonds is 4. The average molecular weight is 444 g/mol. The van der Waals surface area contributed by atoms with Crippen LogP contribution in [0.15, 0.2) is 12.2 Å². The van der Waals surface area contributed by atoms with Crippen molar-refractivity contribution in [2.75, 3.05) is 0 Å². The van der Waals surface area contributed by atoms with Crippen LogP contribution in [-0.2, 0) is 9.53 Å². The summed E-state index contributed by atoms with van der Waals surface area (Å²) in [6.07, 6.45) is -13.8. The highest BCUT2D eigenvalue weighted by atomic mass is 19.4. The van der Waals surface area contributed by atoms with Crippen molar-refractivity contribution in [1.82, 2.24) is 0 Å². The molecule has 4 aliphatic rings. The van der Waals surface area contributed by atoms with Gasteiger partial charge >= 0.3 is 18.3 Å². The quantitative estimate of drug-likeness (QED) is 0.382. The highest BCUT2D eigenvalue weighted by Gasteiger charge is 2.84. The Hall–Kier alpha value is -1.29. The van der Waals surface area contributed by atoms with Crippen LogP contribution in [0.5, 0.6) is 0 Å². The predicted octanol–water partition coefficient (Wildman–Crippen LogP) is 4.44. The molecule has 4 fully saturated rings. The lowest BCUT2D eigenvalue weighted by atomic mass is 9.37. The molecule has 0 radical (unpaired) electrons. The maximum absolute atomic E-state index is 13.9. The van der Waals surface area contributed by atoms with Gasteiger partial charge in [-0.3, -0.25) is 0 Å². The van der Waals surface area contributed by atoms with Crippen LogP contribution in [0.4, 0.5) is 26.3 Å². The van der Waals surface area contributed by atoms with E-state index in [0.29, 0.717) is 0 Å². The summed E-state index contributed by atoms with van der Waals surface area (Å²) in [4.78, 5) is 12.2. The summed E-state index contributed by atoms with van der Waals surface area (Å²) < 4.78 is 88.8. The SMILES string of the molecule is C=C(C)C(=O)OC12CC3CC(C(C)(C)O)(C1)CC(C(O)(C(F)(F)F)C(F)(F)F)(C3)C2. The van der Waals surface area contributed by atoms with Crippen molar-refractivity contribution in [3.8, 4) is 0 Å². The number of carbonyl (C=O) groups excluding carboxylic acids is 1. The molecule has 4 bridgehead atoms. The van der Waals surface area contributed by atoms with Gasteiger partial charge in [-0.15, -0.1) is 0 Å². The van der Waals surface area contributed by atoms with Crippen molar-refractivity contribution in [3.63, 3.8) is 0 Å². The Morgan fingerprint density at radius 3 is 1.83 bits per heavy atom. The van der Waals surface area contributed by atoms with Gasteiger partial charge in [0.15, 0.2) is 0 Å². The van der Waals surface area contributed by atoms with Crippen LogP contribution in [0.25, 0.3) is 0 Å². The largest absolute Gasteiger partial charge is 0.456 e. The standard InChI is InChI=1S/C20H26F6O4/c1-11(2)13(27)30-17-7-12-5-15(9-17,14(3,4)28)8-16(6-12,10-17)18(29,19(21,22)23)20(24,25)26/h12,28-29H,1,5-10H2,2-4H3. The minimum atomic E-state index is -6.00. The molecule has 4 unspecified atom stereocenters. The smallest absolute Gasteiger partial charge is 0.426 e. The Bertz CT molecular complexity index is 753. The number of carbonyl (C=O) groups is 1. The topological polar surface area (TPSA) is 66.8 Å². The van der Waals surface area contributed by atoms with Gasteiger partial charge in [0.25, 0.3) is 5.60 Å². The molecule has 4 atom stereocenters. The first-order valence-corrected chi connectivity index (χ1v) is 9.70. The van der Waals surface area contributed by atoms with Crippen LogP contribution in [0, 0.1) is 16.7 Å². The summed E-state index contributed by atoms with van der Waals surface area (Å²) in [6.45, 7) is 7.43. The number of hydrogen-bond donors (Lipinski definition) is 2. The maximum atomic E-state index is 13.9. The lowest BCUT2D eigenvalue weighted by Gasteiger charge is -2.70. The van der Waals surface area contributed by atoms with Crippen molar-refractivity contribution < 1.29 is 46.1 Å². The first kappa shape index (κ1) is 23.4. The second-order valence-electron chi connectivity index (χ2n) is 10.2. The first-order valence-electron chi connectivity index (χ1n) is 9.70. The molecule has 0 aliphatic heterocycles. The van der Waals surface area contributed by atoms with Gasteiger partial charge < -0.3 is 14.9 Å².